The minimum absolute atomic E-state index is 0.0414. The number of nitrogens with zero attached hydrogens (tertiary/aromatic N) is 1. The molecule has 6 nitrogen and oxygen atoms in total. The average molecular weight is 474 g/mol. The second kappa shape index (κ2) is 10.7. The summed E-state index contributed by atoms with van der Waals surface area (Å²) < 4.78 is 22.2. The molecule has 2 aliphatic heterocycles. The number of ether oxygens (including phenoxy) is 4. The van der Waals surface area contributed by atoms with Crippen LogP contribution in [-0.2, 0) is 11.2 Å². The molecule has 182 valence electrons. The van der Waals surface area contributed by atoms with Gasteiger partial charge in [0, 0.05) is 18.7 Å². The monoisotopic (exact) mass is 473 g/mol. The van der Waals surface area contributed by atoms with Crippen molar-refractivity contribution in [3.8, 4) is 34.1 Å². The fourth-order valence-corrected chi connectivity index (χ4v) is 4.79. The Balaban J connectivity index is 1.11. The van der Waals surface area contributed by atoms with Gasteiger partial charge in [-0.25, -0.2) is 0 Å². The lowest BCUT2D eigenvalue weighted by molar-refractivity contribution is -0.134. The third-order valence-electron chi connectivity index (χ3n) is 6.86. The molecule has 0 bridgehead atoms. The van der Waals surface area contributed by atoms with Gasteiger partial charge in [0.15, 0.2) is 18.1 Å². The zero-order valence-corrected chi connectivity index (χ0v) is 20.1. The number of likely N-dealkylation sites (tertiary alicyclic amines) is 1. The number of carbonyl (C=O) groups excluding carboxylic acids is 1. The van der Waals surface area contributed by atoms with E-state index in [1.54, 1.807) is 7.11 Å². The molecule has 5 rings (SSSR count). The molecule has 0 saturated carbocycles. The van der Waals surface area contributed by atoms with Crippen LogP contribution in [0.1, 0.15) is 24.8 Å². The van der Waals surface area contributed by atoms with Crippen LogP contribution >= 0.6 is 0 Å². The van der Waals surface area contributed by atoms with Gasteiger partial charge < -0.3 is 23.8 Å². The lowest BCUT2D eigenvalue weighted by Gasteiger charge is -2.32. The molecule has 0 unspecified atom stereocenters. The van der Waals surface area contributed by atoms with Crippen molar-refractivity contribution < 1.29 is 23.7 Å². The minimum atomic E-state index is 0.0414. The van der Waals surface area contributed by atoms with E-state index in [-0.39, 0.29) is 12.5 Å². The Morgan fingerprint density at radius 3 is 2.66 bits per heavy atom. The largest absolute Gasteiger partial charge is 0.497 e. The van der Waals surface area contributed by atoms with Crippen molar-refractivity contribution in [2.45, 2.75) is 25.7 Å². The van der Waals surface area contributed by atoms with Gasteiger partial charge in [0.25, 0.3) is 5.91 Å². The van der Waals surface area contributed by atoms with Gasteiger partial charge >= 0.3 is 0 Å². The third kappa shape index (κ3) is 5.53. The van der Waals surface area contributed by atoms with Crippen LogP contribution in [0.5, 0.6) is 23.0 Å². The summed E-state index contributed by atoms with van der Waals surface area (Å²) in [7, 11) is 1.65. The van der Waals surface area contributed by atoms with E-state index >= 15 is 0 Å². The van der Waals surface area contributed by atoms with Gasteiger partial charge in [-0.1, -0.05) is 36.4 Å². The first-order valence-corrected chi connectivity index (χ1v) is 12.2. The Kier molecular flexibility index (Phi) is 7.07. The number of aryl methyl sites for hydroxylation is 1. The fraction of sp³-hybridized carbons (Fsp3) is 0.345. The highest BCUT2D eigenvalue weighted by Crippen LogP contribution is 2.34. The first-order chi connectivity index (χ1) is 17.2. The maximum atomic E-state index is 12.9. The van der Waals surface area contributed by atoms with E-state index in [0.29, 0.717) is 18.5 Å². The van der Waals surface area contributed by atoms with Crippen LogP contribution in [0.3, 0.4) is 0 Å². The summed E-state index contributed by atoms with van der Waals surface area (Å²) in [6.45, 7) is 1.92. The second-order valence-electron chi connectivity index (χ2n) is 9.07. The first-order valence-electron chi connectivity index (χ1n) is 12.2. The molecule has 1 amide bonds. The maximum absolute atomic E-state index is 12.9. The molecular formula is C29H31NO5. The number of benzene rings is 3. The van der Waals surface area contributed by atoms with E-state index in [1.807, 2.05) is 59.5 Å². The van der Waals surface area contributed by atoms with E-state index in [4.69, 9.17) is 18.9 Å². The molecule has 0 spiro atoms. The third-order valence-corrected chi connectivity index (χ3v) is 6.86. The topological polar surface area (TPSA) is 57.2 Å². The van der Waals surface area contributed by atoms with E-state index in [2.05, 4.69) is 12.1 Å². The molecular weight excluding hydrogens is 442 g/mol. The predicted octanol–water partition coefficient (Wildman–Crippen LogP) is 5.34. The number of carbonyl (C=O) groups is 1. The zero-order chi connectivity index (χ0) is 24.0. The van der Waals surface area contributed by atoms with Gasteiger partial charge in [0.1, 0.15) is 11.5 Å². The van der Waals surface area contributed by atoms with Crippen molar-refractivity contribution in [2.24, 2.45) is 5.92 Å². The molecule has 1 saturated heterocycles. The molecule has 0 radical (unpaired) electrons. The van der Waals surface area contributed by atoms with E-state index in [9.17, 15) is 4.79 Å². The molecule has 2 heterocycles. The highest BCUT2D eigenvalue weighted by Gasteiger charge is 2.23. The molecule has 1 fully saturated rings. The van der Waals surface area contributed by atoms with Gasteiger partial charge in [0.2, 0.25) is 6.79 Å². The summed E-state index contributed by atoms with van der Waals surface area (Å²) in [4.78, 5) is 14.8. The number of hydrogen-bond acceptors (Lipinski definition) is 5. The molecule has 0 atom stereocenters. The zero-order valence-electron chi connectivity index (χ0n) is 20.1. The number of methoxy groups -OCH3 is 1. The lowest BCUT2D eigenvalue weighted by Crippen LogP contribution is -2.41. The van der Waals surface area contributed by atoms with Crippen LogP contribution in [0.15, 0.2) is 66.7 Å². The Labute approximate surface area is 206 Å². The van der Waals surface area contributed by atoms with Gasteiger partial charge in [-0.15, -0.1) is 0 Å². The quantitative estimate of drug-likeness (QED) is 0.442. The van der Waals surface area contributed by atoms with Crippen LogP contribution in [0.25, 0.3) is 11.1 Å². The van der Waals surface area contributed by atoms with E-state index in [0.717, 1.165) is 67.1 Å². The normalized spacial score (nSPS) is 15.2. The number of piperidine rings is 1. The lowest BCUT2D eigenvalue weighted by atomic mass is 9.90. The average Bonchev–Trinajstić information content (AvgIpc) is 3.39. The van der Waals surface area contributed by atoms with Crippen molar-refractivity contribution in [3.05, 3.63) is 72.3 Å². The molecule has 3 aromatic carbocycles. The minimum Gasteiger partial charge on any atom is -0.497 e. The van der Waals surface area contributed by atoms with Gasteiger partial charge in [-0.05, 0) is 73.1 Å². The van der Waals surface area contributed by atoms with Gasteiger partial charge in [0.05, 0.1) is 7.11 Å². The van der Waals surface area contributed by atoms with Crippen molar-refractivity contribution in [1.82, 2.24) is 4.90 Å². The van der Waals surface area contributed by atoms with Crippen LogP contribution in [-0.4, -0.2) is 44.4 Å². The number of amides is 1. The smallest absolute Gasteiger partial charge is 0.260 e. The molecule has 6 heteroatoms. The van der Waals surface area contributed by atoms with Crippen molar-refractivity contribution >= 4 is 5.91 Å². The highest BCUT2D eigenvalue weighted by atomic mass is 16.7. The predicted molar refractivity (Wildman–Crippen MR) is 134 cm³/mol. The van der Waals surface area contributed by atoms with Crippen molar-refractivity contribution in [2.75, 3.05) is 33.6 Å². The van der Waals surface area contributed by atoms with Crippen LogP contribution < -0.4 is 18.9 Å². The summed E-state index contributed by atoms with van der Waals surface area (Å²) >= 11 is 0. The molecule has 35 heavy (non-hydrogen) atoms. The number of rotatable bonds is 8. The number of hydrogen-bond donors (Lipinski definition) is 0. The van der Waals surface area contributed by atoms with Gasteiger partial charge in [-0.2, -0.15) is 0 Å². The van der Waals surface area contributed by atoms with Crippen LogP contribution in [0.2, 0.25) is 0 Å². The Morgan fingerprint density at radius 1 is 0.971 bits per heavy atom. The summed E-state index contributed by atoms with van der Waals surface area (Å²) in [5.41, 5.74) is 3.22. The number of para-hydroxylation sites is 1. The van der Waals surface area contributed by atoms with Crippen LogP contribution in [0.4, 0.5) is 0 Å². The summed E-state index contributed by atoms with van der Waals surface area (Å²) in [5, 5.41) is 0. The Morgan fingerprint density at radius 2 is 1.80 bits per heavy atom. The molecule has 0 aliphatic carbocycles. The van der Waals surface area contributed by atoms with Crippen molar-refractivity contribution in [1.29, 1.82) is 0 Å². The summed E-state index contributed by atoms with van der Waals surface area (Å²) in [6, 6.07) is 21.8. The van der Waals surface area contributed by atoms with Crippen LogP contribution in [0, 0.1) is 5.92 Å². The molecule has 2 aliphatic rings. The maximum Gasteiger partial charge on any atom is 0.260 e. The molecule has 3 aromatic rings. The molecule has 0 aromatic heterocycles. The second-order valence-corrected chi connectivity index (χ2v) is 9.07. The summed E-state index contributed by atoms with van der Waals surface area (Å²) in [5.74, 6) is 3.83. The standard InChI is InChI=1S/C29H31NO5/c1-32-24-6-4-5-23(18-24)25-7-2-3-8-26(25)33-19-29(31)30-15-13-21(14-16-30)9-10-22-11-12-27-28(17-22)35-20-34-27/h2-8,11-12,17-18,21H,9-10,13-16,19-20H2,1H3. The fourth-order valence-electron chi connectivity index (χ4n) is 4.79. The number of fused-ring (bicyclic) bond motifs is 1. The van der Waals surface area contributed by atoms with E-state index in [1.165, 1.54) is 5.56 Å². The summed E-state index contributed by atoms with van der Waals surface area (Å²) in [6.07, 6.45) is 4.18. The Hall–Kier alpha value is -3.67. The van der Waals surface area contributed by atoms with Crippen molar-refractivity contribution in [3.63, 3.8) is 0 Å². The SMILES string of the molecule is COc1cccc(-c2ccccc2OCC(=O)N2CCC(CCc3ccc4c(c3)OCO4)CC2)c1. The first kappa shape index (κ1) is 23.1. The van der Waals surface area contributed by atoms with E-state index < -0.39 is 0 Å². The molecule has 0 N–H and O–H groups in total. The Bertz CT molecular complexity index is 1170. The van der Waals surface area contributed by atoms with Gasteiger partial charge in [-0.3, -0.25) is 4.79 Å². The highest BCUT2D eigenvalue weighted by molar-refractivity contribution is 5.78.